The molecule has 0 radical (unpaired) electrons. The number of rotatable bonds is 7. The summed E-state index contributed by atoms with van der Waals surface area (Å²) in [5.74, 6) is -0.614. The standard InChI is InChI=1S/C14H22O4/c1-6-14(5,18-13(4)16)9-7-8-11(2)10-17-12(3)15/h6,8H,1,7,9-10H2,2-5H3. The first-order chi connectivity index (χ1) is 8.29. The molecule has 1 unspecified atom stereocenters. The molecule has 0 saturated carbocycles. The van der Waals surface area contributed by atoms with E-state index in [1.165, 1.54) is 13.8 Å². The summed E-state index contributed by atoms with van der Waals surface area (Å²) < 4.78 is 10.1. The van der Waals surface area contributed by atoms with Gasteiger partial charge in [-0.3, -0.25) is 9.59 Å². The highest BCUT2D eigenvalue weighted by atomic mass is 16.6. The Hall–Kier alpha value is -1.58. The number of hydrogen-bond acceptors (Lipinski definition) is 4. The first-order valence-corrected chi connectivity index (χ1v) is 5.91. The van der Waals surface area contributed by atoms with Crippen LogP contribution in [0.1, 0.15) is 40.5 Å². The summed E-state index contributed by atoms with van der Waals surface area (Å²) in [6.45, 7) is 10.4. The molecule has 1 atom stereocenters. The van der Waals surface area contributed by atoms with E-state index in [9.17, 15) is 9.59 Å². The molecule has 4 heteroatoms. The summed E-state index contributed by atoms with van der Waals surface area (Å²) in [6, 6.07) is 0. The zero-order chi connectivity index (χ0) is 14.2. The number of hydrogen-bond donors (Lipinski definition) is 0. The number of ether oxygens (including phenoxy) is 2. The summed E-state index contributed by atoms with van der Waals surface area (Å²) in [5, 5.41) is 0. The number of carbonyl (C=O) groups is 2. The summed E-state index contributed by atoms with van der Waals surface area (Å²) in [5.41, 5.74) is 0.323. The summed E-state index contributed by atoms with van der Waals surface area (Å²) >= 11 is 0. The maximum absolute atomic E-state index is 10.9. The predicted molar refractivity (Wildman–Crippen MR) is 70.0 cm³/mol. The van der Waals surface area contributed by atoms with Gasteiger partial charge >= 0.3 is 11.9 Å². The highest BCUT2D eigenvalue weighted by Crippen LogP contribution is 2.20. The van der Waals surface area contributed by atoms with Gasteiger partial charge in [-0.1, -0.05) is 12.7 Å². The molecule has 0 rings (SSSR count). The van der Waals surface area contributed by atoms with Crippen LogP contribution < -0.4 is 0 Å². The molecule has 0 aromatic heterocycles. The van der Waals surface area contributed by atoms with E-state index in [2.05, 4.69) is 6.58 Å². The van der Waals surface area contributed by atoms with E-state index < -0.39 is 5.60 Å². The molecule has 0 fully saturated rings. The van der Waals surface area contributed by atoms with E-state index in [-0.39, 0.29) is 11.9 Å². The minimum atomic E-state index is -0.649. The van der Waals surface area contributed by atoms with Crippen molar-refractivity contribution in [1.29, 1.82) is 0 Å². The zero-order valence-electron chi connectivity index (χ0n) is 11.6. The normalized spacial score (nSPS) is 14.6. The second-order valence-corrected chi connectivity index (χ2v) is 4.48. The lowest BCUT2D eigenvalue weighted by atomic mass is 9.99. The van der Waals surface area contributed by atoms with E-state index in [0.29, 0.717) is 13.0 Å². The van der Waals surface area contributed by atoms with Crippen LogP contribution in [0.3, 0.4) is 0 Å². The lowest BCUT2D eigenvalue weighted by molar-refractivity contribution is -0.151. The van der Waals surface area contributed by atoms with Crippen LogP contribution in [-0.2, 0) is 19.1 Å². The van der Waals surface area contributed by atoms with Crippen molar-refractivity contribution in [3.8, 4) is 0 Å². The van der Waals surface area contributed by atoms with Gasteiger partial charge in [0.05, 0.1) is 0 Å². The smallest absolute Gasteiger partial charge is 0.303 e. The SMILES string of the molecule is C=CC(C)(CCC=C(C)COC(C)=O)OC(C)=O. The van der Waals surface area contributed by atoms with E-state index in [4.69, 9.17) is 9.47 Å². The third-order valence-corrected chi connectivity index (χ3v) is 2.45. The highest BCUT2D eigenvalue weighted by molar-refractivity contribution is 5.66. The molecule has 0 amide bonds. The molecular weight excluding hydrogens is 232 g/mol. The van der Waals surface area contributed by atoms with E-state index in [0.717, 1.165) is 12.0 Å². The third kappa shape index (κ3) is 7.65. The van der Waals surface area contributed by atoms with Crippen molar-refractivity contribution in [1.82, 2.24) is 0 Å². The van der Waals surface area contributed by atoms with Crippen LogP contribution in [0.25, 0.3) is 0 Å². The summed E-state index contributed by atoms with van der Waals surface area (Å²) in [4.78, 5) is 21.6. The predicted octanol–water partition coefficient (Wildman–Crippen LogP) is 2.78. The Morgan fingerprint density at radius 2 is 1.83 bits per heavy atom. The maximum Gasteiger partial charge on any atom is 0.303 e. The van der Waals surface area contributed by atoms with Crippen molar-refractivity contribution in [2.75, 3.05) is 6.61 Å². The molecule has 0 bridgehead atoms. The Morgan fingerprint density at radius 3 is 2.28 bits per heavy atom. The Bertz CT molecular complexity index is 344. The number of allylic oxidation sites excluding steroid dienone is 1. The fourth-order valence-corrected chi connectivity index (χ4v) is 1.40. The average molecular weight is 254 g/mol. The van der Waals surface area contributed by atoms with Crippen molar-refractivity contribution in [2.24, 2.45) is 0 Å². The monoisotopic (exact) mass is 254 g/mol. The van der Waals surface area contributed by atoms with Gasteiger partial charge in [0.15, 0.2) is 0 Å². The van der Waals surface area contributed by atoms with Gasteiger partial charge in [-0.05, 0) is 38.3 Å². The Labute approximate surface area is 109 Å². The van der Waals surface area contributed by atoms with Crippen molar-refractivity contribution >= 4 is 11.9 Å². The third-order valence-electron chi connectivity index (χ3n) is 2.45. The van der Waals surface area contributed by atoms with E-state index in [1.807, 2.05) is 19.9 Å². The molecule has 0 N–H and O–H groups in total. The molecule has 4 nitrogen and oxygen atoms in total. The minimum absolute atomic E-state index is 0.293. The Balaban J connectivity index is 4.20. The lowest BCUT2D eigenvalue weighted by Crippen LogP contribution is -2.27. The number of esters is 2. The first-order valence-electron chi connectivity index (χ1n) is 5.91. The van der Waals surface area contributed by atoms with Crippen LogP contribution in [0.15, 0.2) is 24.3 Å². The van der Waals surface area contributed by atoms with Crippen molar-refractivity contribution in [3.05, 3.63) is 24.3 Å². The lowest BCUT2D eigenvalue weighted by Gasteiger charge is -2.24. The van der Waals surface area contributed by atoms with Crippen LogP contribution in [0.2, 0.25) is 0 Å². The van der Waals surface area contributed by atoms with Gasteiger partial charge in [0.25, 0.3) is 0 Å². The number of carbonyl (C=O) groups excluding carboxylic acids is 2. The molecule has 0 aromatic rings. The molecule has 0 aromatic carbocycles. The molecule has 0 saturated heterocycles. The summed E-state index contributed by atoms with van der Waals surface area (Å²) in [6.07, 6.45) is 4.97. The quantitative estimate of drug-likeness (QED) is 0.518. The molecule has 0 aliphatic rings. The Kier molecular flexibility index (Phi) is 7.01. The Morgan fingerprint density at radius 1 is 1.22 bits per heavy atom. The molecule has 0 heterocycles. The maximum atomic E-state index is 10.9. The second-order valence-electron chi connectivity index (χ2n) is 4.48. The van der Waals surface area contributed by atoms with Gasteiger partial charge < -0.3 is 9.47 Å². The summed E-state index contributed by atoms with van der Waals surface area (Å²) in [7, 11) is 0. The van der Waals surface area contributed by atoms with Gasteiger partial charge in [0.2, 0.25) is 0 Å². The highest BCUT2D eigenvalue weighted by Gasteiger charge is 2.22. The van der Waals surface area contributed by atoms with Crippen molar-refractivity contribution in [3.63, 3.8) is 0 Å². The first kappa shape index (κ1) is 16.4. The van der Waals surface area contributed by atoms with Gasteiger partial charge in [-0.2, -0.15) is 0 Å². The molecule has 18 heavy (non-hydrogen) atoms. The van der Waals surface area contributed by atoms with Crippen molar-refractivity contribution in [2.45, 2.75) is 46.1 Å². The fraction of sp³-hybridized carbons (Fsp3) is 0.571. The van der Waals surface area contributed by atoms with E-state index in [1.54, 1.807) is 6.08 Å². The molecule has 102 valence electrons. The molecule has 0 aliphatic heterocycles. The van der Waals surface area contributed by atoms with Crippen LogP contribution >= 0.6 is 0 Å². The van der Waals surface area contributed by atoms with Crippen LogP contribution in [-0.4, -0.2) is 24.1 Å². The van der Waals surface area contributed by atoms with Crippen LogP contribution in [0.5, 0.6) is 0 Å². The molecule has 0 spiro atoms. The fourth-order valence-electron chi connectivity index (χ4n) is 1.40. The molecule has 0 aliphatic carbocycles. The van der Waals surface area contributed by atoms with Crippen LogP contribution in [0.4, 0.5) is 0 Å². The van der Waals surface area contributed by atoms with E-state index >= 15 is 0 Å². The topological polar surface area (TPSA) is 52.6 Å². The largest absolute Gasteiger partial charge is 0.461 e. The molecular formula is C14H22O4. The second kappa shape index (κ2) is 7.69. The average Bonchev–Trinajstić information content (AvgIpc) is 2.25. The van der Waals surface area contributed by atoms with Gasteiger partial charge in [0.1, 0.15) is 12.2 Å². The van der Waals surface area contributed by atoms with Crippen LogP contribution in [0, 0.1) is 0 Å². The van der Waals surface area contributed by atoms with Gasteiger partial charge in [0, 0.05) is 13.8 Å². The van der Waals surface area contributed by atoms with Gasteiger partial charge in [-0.25, -0.2) is 0 Å². The van der Waals surface area contributed by atoms with Gasteiger partial charge in [-0.15, -0.1) is 0 Å². The minimum Gasteiger partial charge on any atom is -0.461 e. The van der Waals surface area contributed by atoms with Crippen molar-refractivity contribution < 1.29 is 19.1 Å². The zero-order valence-corrected chi connectivity index (χ0v) is 11.6.